The van der Waals surface area contributed by atoms with E-state index in [1.165, 1.54) is 4.90 Å². The molecule has 19 heavy (non-hydrogen) atoms. The molecule has 5 heteroatoms. The average Bonchev–Trinajstić information content (AvgIpc) is 2.25. The molecule has 1 fully saturated rings. The highest BCUT2D eigenvalue weighted by Crippen LogP contribution is 2.41. The summed E-state index contributed by atoms with van der Waals surface area (Å²) >= 11 is 0. The Kier molecular flexibility index (Phi) is 5.30. The Morgan fingerprint density at radius 2 is 1.95 bits per heavy atom. The van der Waals surface area contributed by atoms with Crippen molar-refractivity contribution in [1.29, 1.82) is 0 Å². The van der Waals surface area contributed by atoms with Crippen LogP contribution in [0.1, 0.15) is 40.0 Å². The lowest BCUT2D eigenvalue weighted by atomic mass is 9.67. The van der Waals surface area contributed by atoms with E-state index in [9.17, 15) is 18.7 Å². The molecular formula is C14H25F2NO2. The topological polar surface area (TPSA) is 40.5 Å². The largest absolute Gasteiger partial charge is 0.481 e. The zero-order chi connectivity index (χ0) is 14.8. The predicted molar refractivity (Wildman–Crippen MR) is 70.3 cm³/mol. The van der Waals surface area contributed by atoms with E-state index in [1.54, 1.807) is 7.05 Å². The fourth-order valence-corrected chi connectivity index (χ4v) is 3.06. The molecule has 1 saturated carbocycles. The van der Waals surface area contributed by atoms with Crippen LogP contribution < -0.4 is 0 Å². The number of hydrogen-bond acceptors (Lipinski definition) is 2. The normalized spacial score (nSPS) is 28.9. The maximum absolute atomic E-state index is 12.5. The van der Waals surface area contributed by atoms with Gasteiger partial charge in [0.1, 0.15) is 0 Å². The van der Waals surface area contributed by atoms with Gasteiger partial charge < -0.3 is 5.11 Å². The molecule has 0 bridgehead atoms. The molecular weight excluding hydrogens is 252 g/mol. The molecule has 3 unspecified atom stereocenters. The number of carboxylic acids is 1. The van der Waals surface area contributed by atoms with Crippen molar-refractivity contribution in [3.8, 4) is 0 Å². The summed E-state index contributed by atoms with van der Waals surface area (Å²) in [4.78, 5) is 12.8. The maximum atomic E-state index is 12.5. The molecule has 112 valence electrons. The lowest BCUT2D eigenvalue weighted by Gasteiger charge is -2.43. The van der Waals surface area contributed by atoms with Gasteiger partial charge in [-0.2, -0.15) is 0 Å². The van der Waals surface area contributed by atoms with E-state index in [0.717, 1.165) is 6.42 Å². The van der Waals surface area contributed by atoms with Crippen molar-refractivity contribution in [1.82, 2.24) is 4.90 Å². The Hall–Kier alpha value is -0.710. The van der Waals surface area contributed by atoms with Gasteiger partial charge in [-0.05, 0) is 37.6 Å². The molecule has 1 aliphatic carbocycles. The number of carboxylic acid groups (broad SMARTS) is 1. The summed E-state index contributed by atoms with van der Waals surface area (Å²) in [5.41, 5.74) is 0.0907. The number of nitrogens with zero attached hydrogens (tertiary/aromatic N) is 1. The predicted octanol–water partition coefficient (Wildman–Crippen LogP) is 3.10. The first kappa shape index (κ1) is 16.3. The van der Waals surface area contributed by atoms with Crippen LogP contribution in [0, 0.1) is 17.3 Å². The number of halogens is 2. The monoisotopic (exact) mass is 277 g/mol. The molecule has 0 aliphatic heterocycles. The third-order valence-corrected chi connectivity index (χ3v) is 4.35. The highest BCUT2D eigenvalue weighted by molar-refractivity contribution is 5.71. The van der Waals surface area contributed by atoms with Gasteiger partial charge in [-0.1, -0.05) is 20.8 Å². The summed E-state index contributed by atoms with van der Waals surface area (Å²) in [6.07, 6.45) is -0.298. The lowest BCUT2D eigenvalue weighted by molar-refractivity contribution is -0.147. The van der Waals surface area contributed by atoms with Crippen molar-refractivity contribution in [3.05, 3.63) is 0 Å². The van der Waals surface area contributed by atoms with Crippen molar-refractivity contribution in [3.63, 3.8) is 0 Å². The quantitative estimate of drug-likeness (QED) is 0.858. The maximum Gasteiger partial charge on any atom is 0.308 e. The molecule has 0 heterocycles. The van der Waals surface area contributed by atoms with Crippen LogP contribution in [0.25, 0.3) is 0 Å². The van der Waals surface area contributed by atoms with E-state index in [4.69, 9.17) is 0 Å². The molecule has 0 radical (unpaired) electrons. The second-order valence-electron chi connectivity index (χ2n) is 6.72. The van der Waals surface area contributed by atoms with Crippen LogP contribution in [0.15, 0.2) is 0 Å². The second-order valence-corrected chi connectivity index (χ2v) is 6.72. The van der Waals surface area contributed by atoms with Crippen molar-refractivity contribution in [2.75, 3.05) is 13.6 Å². The summed E-state index contributed by atoms with van der Waals surface area (Å²) in [6, 6.07) is -0.288. The Morgan fingerprint density at radius 3 is 2.37 bits per heavy atom. The van der Waals surface area contributed by atoms with Gasteiger partial charge in [0.15, 0.2) is 0 Å². The van der Waals surface area contributed by atoms with E-state index in [1.807, 2.05) is 0 Å². The zero-order valence-electron chi connectivity index (χ0n) is 12.2. The minimum absolute atomic E-state index is 0.0907. The highest BCUT2D eigenvalue weighted by atomic mass is 19.3. The van der Waals surface area contributed by atoms with Crippen LogP contribution in [0.3, 0.4) is 0 Å². The summed E-state index contributed by atoms with van der Waals surface area (Å²) < 4.78 is 25.0. The second kappa shape index (κ2) is 6.16. The Labute approximate surface area is 114 Å². The SMILES string of the molecule is CN(CC(F)F)C1CC(C(C)(C)C)CCC1C(=O)O. The Balaban J connectivity index is 2.81. The number of hydrogen-bond donors (Lipinski definition) is 1. The molecule has 1 aliphatic rings. The van der Waals surface area contributed by atoms with Gasteiger partial charge in [0.05, 0.1) is 12.5 Å². The molecule has 0 saturated heterocycles. The zero-order valence-corrected chi connectivity index (χ0v) is 12.2. The van der Waals surface area contributed by atoms with E-state index in [0.29, 0.717) is 18.8 Å². The minimum atomic E-state index is -2.42. The van der Waals surface area contributed by atoms with Crippen LogP contribution in [-0.4, -0.2) is 42.0 Å². The number of rotatable bonds is 4. The molecule has 3 nitrogen and oxygen atoms in total. The fraction of sp³-hybridized carbons (Fsp3) is 0.929. The standard InChI is InChI=1S/C14H25F2NO2/c1-14(2,3)9-5-6-10(13(18)19)11(7-9)17(4)8-12(15)16/h9-12H,5-8H2,1-4H3,(H,18,19). The summed E-state index contributed by atoms with van der Waals surface area (Å²) in [7, 11) is 1.61. The first-order chi connectivity index (χ1) is 8.62. The molecule has 0 aromatic rings. The van der Waals surface area contributed by atoms with Crippen LogP contribution >= 0.6 is 0 Å². The number of carbonyl (C=O) groups is 1. The van der Waals surface area contributed by atoms with Crippen LogP contribution in [0.5, 0.6) is 0 Å². The molecule has 0 amide bonds. The van der Waals surface area contributed by atoms with Crippen LogP contribution in [-0.2, 0) is 4.79 Å². The highest BCUT2D eigenvalue weighted by Gasteiger charge is 2.41. The molecule has 0 aromatic heterocycles. The van der Waals surface area contributed by atoms with E-state index < -0.39 is 18.3 Å². The first-order valence-corrected chi connectivity index (χ1v) is 6.84. The Bertz CT molecular complexity index is 315. The average molecular weight is 277 g/mol. The molecule has 0 spiro atoms. The third kappa shape index (κ3) is 4.41. The van der Waals surface area contributed by atoms with Gasteiger partial charge in [0, 0.05) is 6.04 Å². The number of aliphatic carboxylic acids is 1. The van der Waals surface area contributed by atoms with Crippen LogP contribution in [0.2, 0.25) is 0 Å². The molecule has 1 N–H and O–H groups in total. The van der Waals surface area contributed by atoms with Gasteiger partial charge in [-0.15, -0.1) is 0 Å². The van der Waals surface area contributed by atoms with Crippen molar-refractivity contribution < 1.29 is 18.7 Å². The Morgan fingerprint density at radius 1 is 1.37 bits per heavy atom. The van der Waals surface area contributed by atoms with Gasteiger partial charge in [-0.3, -0.25) is 9.69 Å². The third-order valence-electron chi connectivity index (χ3n) is 4.35. The first-order valence-electron chi connectivity index (χ1n) is 6.84. The van der Waals surface area contributed by atoms with E-state index in [-0.39, 0.29) is 18.0 Å². The van der Waals surface area contributed by atoms with Gasteiger partial charge in [0.2, 0.25) is 0 Å². The van der Waals surface area contributed by atoms with Crippen LogP contribution in [0.4, 0.5) is 8.78 Å². The van der Waals surface area contributed by atoms with Gasteiger partial charge in [-0.25, -0.2) is 8.78 Å². The van der Waals surface area contributed by atoms with Gasteiger partial charge >= 0.3 is 5.97 Å². The van der Waals surface area contributed by atoms with Crippen molar-refractivity contribution in [2.45, 2.75) is 52.5 Å². The lowest BCUT2D eigenvalue weighted by Crippen LogP contribution is -2.48. The summed E-state index contributed by atoms with van der Waals surface area (Å²) in [5, 5.41) is 9.27. The van der Waals surface area contributed by atoms with Crippen molar-refractivity contribution >= 4 is 5.97 Å². The van der Waals surface area contributed by atoms with Crippen molar-refractivity contribution in [2.24, 2.45) is 17.3 Å². The molecule has 0 aromatic carbocycles. The van der Waals surface area contributed by atoms with Gasteiger partial charge in [0.25, 0.3) is 6.43 Å². The molecule has 3 atom stereocenters. The minimum Gasteiger partial charge on any atom is -0.481 e. The smallest absolute Gasteiger partial charge is 0.308 e. The number of alkyl halides is 2. The summed E-state index contributed by atoms with van der Waals surface area (Å²) in [6.45, 7) is 6.03. The van der Waals surface area contributed by atoms with E-state index in [2.05, 4.69) is 20.8 Å². The molecule has 1 rings (SSSR count). The fourth-order valence-electron chi connectivity index (χ4n) is 3.06. The summed E-state index contributed by atoms with van der Waals surface area (Å²) in [5.74, 6) is -1.01. The van der Waals surface area contributed by atoms with E-state index >= 15 is 0 Å².